The monoisotopic (exact) mass is 414 g/mol. The van der Waals surface area contributed by atoms with Gasteiger partial charge < -0.3 is 14.2 Å². The van der Waals surface area contributed by atoms with Crippen molar-refractivity contribution in [3.05, 3.63) is 0 Å². The Morgan fingerprint density at radius 3 is 1.66 bits per heavy atom. The predicted octanol–water partition coefficient (Wildman–Crippen LogP) is 6.37. The zero-order chi connectivity index (χ0) is 21.7. The first-order valence-corrected chi connectivity index (χ1v) is 12.0. The highest BCUT2D eigenvalue weighted by molar-refractivity contribution is 5.69. The van der Waals surface area contributed by atoms with Crippen LogP contribution >= 0.6 is 0 Å². The van der Waals surface area contributed by atoms with Gasteiger partial charge in [-0.05, 0) is 26.7 Å². The number of rotatable bonds is 20. The van der Waals surface area contributed by atoms with E-state index < -0.39 is 0 Å². The normalized spacial score (nSPS) is 13.1. The van der Waals surface area contributed by atoms with E-state index in [1.54, 1.807) is 0 Å². The number of carbonyl (C=O) groups excluding carboxylic acids is 2. The van der Waals surface area contributed by atoms with Gasteiger partial charge in [0.15, 0.2) is 0 Å². The molecule has 0 heterocycles. The van der Waals surface area contributed by atoms with Crippen molar-refractivity contribution in [2.45, 2.75) is 130 Å². The van der Waals surface area contributed by atoms with Gasteiger partial charge in [-0.3, -0.25) is 9.59 Å². The van der Waals surface area contributed by atoms with Crippen LogP contribution in [-0.4, -0.2) is 37.4 Å². The smallest absolute Gasteiger partial charge is 0.306 e. The van der Waals surface area contributed by atoms with Crippen molar-refractivity contribution in [2.75, 3.05) is 13.2 Å². The molecule has 0 aliphatic heterocycles. The van der Waals surface area contributed by atoms with Crippen molar-refractivity contribution < 1.29 is 23.8 Å². The van der Waals surface area contributed by atoms with Gasteiger partial charge in [0.05, 0.1) is 12.7 Å². The van der Waals surface area contributed by atoms with E-state index in [0.29, 0.717) is 19.4 Å². The highest BCUT2D eigenvalue weighted by Crippen LogP contribution is 2.09. The molecule has 0 amide bonds. The second-order valence-electron chi connectivity index (χ2n) is 8.16. The Hall–Kier alpha value is -1.10. The van der Waals surface area contributed by atoms with E-state index in [9.17, 15) is 9.59 Å². The van der Waals surface area contributed by atoms with Gasteiger partial charge in [-0.2, -0.15) is 0 Å². The quantitative estimate of drug-likeness (QED) is 0.171. The van der Waals surface area contributed by atoms with Crippen molar-refractivity contribution >= 4 is 11.9 Å². The molecule has 0 N–H and O–H groups in total. The molecule has 0 rings (SSSR count). The van der Waals surface area contributed by atoms with Crippen LogP contribution in [0.25, 0.3) is 0 Å². The maximum Gasteiger partial charge on any atom is 0.306 e. The molecule has 0 fully saturated rings. The Kier molecular flexibility index (Phi) is 19.4. The number of esters is 2. The Labute approximate surface area is 179 Å². The summed E-state index contributed by atoms with van der Waals surface area (Å²) in [5.41, 5.74) is 0. The molecule has 2 atom stereocenters. The van der Waals surface area contributed by atoms with E-state index in [1.807, 2.05) is 13.8 Å². The molecule has 0 unspecified atom stereocenters. The molecule has 0 radical (unpaired) electrons. The maximum atomic E-state index is 11.8. The minimum Gasteiger partial charge on any atom is -0.463 e. The van der Waals surface area contributed by atoms with Gasteiger partial charge in [0.2, 0.25) is 0 Å². The third-order valence-electron chi connectivity index (χ3n) is 4.90. The highest BCUT2D eigenvalue weighted by Gasteiger charge is 2.13. The lowest BCUT2D eigenvalue weighted by Gasteiger charge is -2.18. The molecule has 5 heteroatoms. The van der Waals surface area contributed by atoms with E-state index in [0.717, 1.165) is 25.7 Å². The van der Waals surface area contributed by atoms with Crippen LogP contribution in [0.15, 0.2) is 0 Å². The molecule has 0 bridgehead atoms. The zero-order valence-corrected chi connectivity index (χ0v) is 19.5. The van der Waals surface area contributed by atoms with Crippen LogP contribution in [0.5, 0.6) is 0 Å². The van der Waals surface area contributed by atoms with E-state index >= 15 is 0 Å². The first-order valence-electron chi connectivity index (χ1n) is 12.0. The number of hydrogen-bond acceptors (Lipinski definition) is 5. The van der Waals surface area contributed by atoms with Crippen LogP contribution in [0.4, 0.5) is 0 Å². The number of carbonyl (C=O) groups is 2. The average Bonchev–Trinajstić information content (AvgIpc) is 2.70. The third-order valence-corrected chi connectivity index (χ3v) is 4.90. The topological polar surface area (TPSA) is 61.8 Å². The summed E-state index contributed by atoms with van der Waals surface area (Å²) in [6, 6.07) is 0. The van der Waals surface area contributed by atoms with Gasteiger partial charge in [0.1, 0.15) is 12.7 Å². The first-order chi connectivity index (χ1) is 14.0. The second kappa shape index (κ2) is 20.2. The van der Waals surface area contributed by atoms with E-state index in [1.165, 1.54) is 51.4 Å². The molecule has 5 nitrogen and oxygen atoms in total. The number of hydrogen-bond donors (Lipinski definition) is 0. The van der Waals surface area contributed by atoms with Gasteiger partial charge in [-0.1, -0.05) is 78.1 Å². The summed E-state index contributed by atoms with van der Waals surface area (Å²) < 4.78 is 16.3. The second-order valence-corrected chi connectivity index (χ2v) is 8.16. The molecular formula is C24H46O5. The van der Waals surface area contributed by atoms with Crippen molar-refractivity contribution in [1.82, 2.24) is 0 Å². The summed E-state index contributed by atoms with van der Waals surface area (Å²) in [4.78, 5) is 23.6. The summed E-state index contributed by atoms with van der Waals surface area (Å²) in [5, 5.41) is 0. The molecule has 0 aromatic carbocycles. The Balaban J connectivity index is 3.63. The van der Waals surface area contributed by atoms with Crippen LogP contribution in [0.2, 0.25) is 0 Å². The van der Waals surface area contributed by atoms with Crippen molar-refractivity contribution in [1.29, 1.82) is 0 Å². The molecule has 0 aromatic heterocycles. The van der Waals surface area contributed by atoms with Crippen LogP contribution in [0.3, 0.4) is 0 Å². The minimum atomic E-state index is -0.288. The SMILES string of the molecule is CCCCCCCCC(=O)OC[C@H](C)OC[C@H](C)OC(=O)CCCCCCCC. The fourth-order valence-corrected chi connectivity index (χ4v) is 3.05. The fourth-order valence-electron chi connectivity index (χ4n) is 3.05. The van der Waals surface area contributed by atoms with Gasteiger partial charge >= 0.3 is 11.9 Å². The molecule has 29 heavy (non-hydrogen) atoms. The van der Waals surface area contributed by atoms with Crippen molar-refractivity contribution in [2.24, 2.45) is 0 Å². The van der Waals surface area contributed by atoms with E-state index in [4.69, 9.17) is 14.2 Å². The molecule has 0 saturated carbocycles. The lowest BCUT2D eigenvalue weighted by Crippen LogP contribution is -2.26. The van der Waals surface area contributed by atoms with Crippen molar-refractivity contribution in [3.63, 3.8) is 0 Å². The predicted molar refractivity (Wildman–Crippen MR) is 118 cm³/mol. The molecule has 0 spiro atoms. The molecule has 0 aliphatic carbocycles. The average molecular weight is 415 g/mol. The van der Waals surface area contributed by atoms with E-state index in [2.05, 4.69) is 13.8 Å². The summed E-state index contributed by atoms with van der Waals surface area (Å²) >= 11 is 0. The Morgan fingerprint density at radius 2 is 1.10 bits per heavy atom. The van der Waals surface area contributed by atoms with Gasteiger partial charge in [-0.25, -0.2) is 0 Å². The minimum absolute atomic E-state index is 0.158. The first kappa shape index (κ1) is 27.9. The fraction of sp³-hybridized carbons (Fsp3) is 0.917. The van der Waals surface area contributed by atoms with Gasteiger partial charge in [0, 0.05) is 12.8 Å². The maximum absolute atomic E-state index is 11.8. The third kappa shape index (κ3) is 20.0. The molecule has 0 saturated heterocycles. The van der Waals surface area contributed by atoms with Crippen molar-refractivity contribution in [3.8, 4) is 0 Å². The Bertz CT molecular complexity index is 397. The molecule has 172 valence electrons. The summed E-state index contributed by atoms with van der Waals surface area (Å²) in [6.07, 6.45) is 14.3. The molecular weight excluding hydrogens is 368 g/mol. The lowest BCUT2D eigenvalue weighted by molar-refractivity contribution is -0.154. The zero-order valence-electron chi connectivity index (χ0n) is 19.5. The van der Waals surface area contributed by atoms with Gasteiger partial charge in [0.25, 0.3) is 0 Å². The van der Waals surface area contributed by atoms with Crippen LogP contribution in [0, 0.1) is 0 Å². The molecule has 0 aromatic rings. The lowest BCUT2D eigenvalue weighted by atomic mass is 10.1. The summed E-state index contributed by atoms with van der Waals surface area (Å²) in [7, 11) is 0. The van der Waals surface area contributed by atoms with Gasteiger partial charge in [-0.15, -0.1) is 0 Å². The number of unbranched alkanes of at least 4 members (excludes halogenated alkanes) is 10. The van der Waals surface area contributed by atoms with Crippen LogP contribution in [-0.2, 0) is 23.8 Å². The highest BCUT2D eigenvalue weighted by atomic mass is 16.6. The molecule has 0 aliphatic rings. The standard InChI is InChI=1S/C24H46O5/c1-5-7-9-11-13-15-17-23(25)28-19-21(3)27-20-22(4)29-24(26)18-16-14-12-10-8-6-2/h21-22H,5-20H2,1-4H3/t21-,22-/m0/s1. The largest absolute Gasteiger partial charge is 0.463 e. The van der Waals surface area contributed by atoms with E-state index in [-0.39, 0.29) is 30.8 Å². The summed E-state index contributed by atoms with van der Waals surface area (Å²) in [5.74, 6) is -0.316. The van der Waals surface area contributed by atoms with Crippen LogP contribution in [0.1, 0.15) is 118 Å². The summed E-state index contributed by atoms with van der Waals surface area (Å²) in [6.45, 7) is 8.65. The Morgan fingerprint density at radius 1 is 0.621 bits per heavy atom. The van der Waals surface area contributed by atoms with Crippen LogP contribution < -0.4 is 0 Å². The number of ether oxygens (including phenoxy) is 3.